The van der Waals surface area contributed by atoms with E-state index in [9.17, 15) is 9.59 Å². The molecule has 0 saturated carbocycles. The van der Waals surface area contributed by atoms with E-state index in [2.05, 4.69) is 10.1 Å². The lowest BCUT2D eigenvalue weighted by molar-refractivity contribution is -0.142. The molecule has 6 nitrogen and oxygen atoms in total. The van der Waals surface area contributed by atoms with Crippen LogP contribution in [-0.2, 0) is 14.3 Å². The molecule has 7 heteroatoms. The summed E-state index contributed by atoms with van der Waals surface area (Å²) in [6.07, 6.45) is 0.467. The molecule has 1 aromatic rings. The number of halogens is 1. The zero-order valence-corrected chi connectivity index (χ0v) is 13.4. The van der Waals surface area contributed by atoms with E-state index >= 15 is 0 Å². The molecule has 2 rings (SSSR count). The van der Waals surface area contributed by atoms with Crippen LogP contribution in [0.2, 0.25) is 0 Å². The summed E-state index contributed by atoms with van der Waals surface area (Å²) in [5, 5.41) is 3.05. The predicted molar refractivity (Wildman–Crippen MR) is 82.5 cm³/mol. The minimum Gasteiger partial charge on any atom is -0.489 e. The number of ether oxygens (including phenoxy) is 3. The first kappa shape index (κ1) is 18.3. The number of nitrogens with one attached hydrogen (secondary N) is 1. The SMILES string of the molecule is CCOC(=O)c1ccc(O[C@H]2CN[C@H](C(=O)OC)C2)cc1.Cl. The van der Waals surface area contributed by atoms with Crippen LogP contribution in [-0.4, -0.2) is 44.3 Å². The first-order valence-corrected chi connectivity index (χ1v) is 6.89. The summed E-state index contributed by atoms with van der Waals surface area (Å²) in [6, 6.07) is 6.44. The highest BCUT2D eigenvalue weighted by molar-refractivity contribution is 5.89. The van der Waals surface area contributed by atoms with Crippen LogP contribution in [0.15, 0.2) is 24.3 Å². The standard InChI is InChI=1S/C15H19NO5.ClH/c1-3-20-14(17)10-4-6-11(7-5-10)21-12-8-13(16-9-12)15(18)19-2;/h4-7,12-13,16H,3,8-9H2,1-2H3;1H/t12-,13+;/m1./s1. The van der Waals surface area contributed by atoms with Gasteiger partial charge in [-0.3, -0.25) is 4.79 Å². The molecule has 0 radical (unpaired) electrons. The Morgan fingerprint density at radius 3 is 2.55 bits per heavy atom. The third kappa shape index (κ3) is 4.61. The zero-order valence-electron chi connectivity index (χ0n) is 12.5. The Labute approximate surface area is 135 Å². The van der Waals surface area contributed by atoms with Crippen molar-refractivity contribution in [2.75, 3.05) is 20.3 Å². The maximum Gasteiger partial charge on any atom is 0.338 e. The molecule has 1 heterocycles. The van der Waals surface area contributed by atoms with Gasteiger partial charge in [0.05, 0.1) is 19.3 Å². The fraction of sp³-hybridized carbons (Fsp3) is 0.467. The van der Waals surface area contributed by atoms with Crippen molar-refractivity contribution in [1.82, 2.24) is 5.32 Å². The molecule has 1 aliphatic rings. The first-order chi connectivity index (χ1) is 10.1. The van der Waals surface area contributed by atoms with Crippen LogP contribution in [0, 0.1) is 0 Å². The Kier molecular flexibility index (Phi) is 7.14. The highest BCUT2D eigenvalue weighted by Gasteiger charge is 2.31. The van der Waals surface area contributed by atoms with Crippen LogP contribution in [0.3, 0.4) is 0 Å². The molecule has 0 spiro atoms. The molecule has 0 amide bonds. The van der Waals surface area contributed by atoms with Gasteiger partial charge in [-0.05, 0) is 31.2 Å². The van der Waals surface area contributed by atoms with E-state index in [-0.39, 0.29) is 36.5 Å². The summed E-state index contributed by atoms with van der Waals surface area (Å²) in [4.78, 5) is 22.9. The lowest BCUT2D eigenvalue weighted by Gasteiger charge is -2.13. The van der Waals surface area contributed by atoms with E-state index in [1.54, 1.807) is 31.2 Å². The van der Waals surface area contributed by atoms with Gasteiger partial charge in [0.2, 0.25) is 0 Å². The maximum absolute atomic E-state index is 11.5. The van der Waals surface area contributed by atoms with Gasteiger partial charge >= 0.3 is 11.9 Å². The largest absolute Gasteiger partial charge is 0.489 e. The lowest BCUT2D eigenvalue weighted by atomic mass is 10.2. The van der Waals surface area contributed by atoms with Crippen molar-refractivity contribution in [3.63, 3.8) is 0 Å². The molecule has 122 valence electrons. The molecule has 1 aliphatic heterocycles. The molecule has 0 aliphatic carbocycles. The first-order valence-electron chi connectivity index (χ1n) is 6.89. The second-order valence-corrected chi connectivity index (χ2v) is 4.70. The second kappa shape index (κ2) is 8.60. The fourth-order valence-electron chi connectivity index (χ4n) is 2.19. The highest BCUT2D eigenvalue weighted by Crippen LogP contribution is 2.19. The lowest BCUT2D eigenvalue weighted by Crippen LogP contribution is -2.31. The quantitative estimate of drug-likeness (QED) is 0.827. The number of carbonyl (C=O) groups is 2. The van der Waals surface area contributed by atoms with Gasteiger partial charge < -0.3 is 19.5 Å². The molecule has 1 saturated heterocycles. The van der Waals surface area contributed by atoms with Crippen LogP contribution in [0.4, 0.5) is 0 Å². The normalized spacial score (nSPS) is 19.9. The van der Waals surface area contributed by atoms with Crippen molar-refractivity contribution in [3.05, 3.63) is 29.8 Å². The monoisotopic (exact) mass is 329 g/mol. The number of esters is 2. The summed E-state index contributed by atoms with van der Waals surface area (Å²) in [6.45, 7) is 2.69. The van der Waals surface area contributed by atoms with Crippen LogP contribution in [0.25, 0.3) is 0 Å². The van der Waals surface area contributed by atoms with Gasteiger partial charge in [-0.2, -0.15) is 0 Å². The molecule has 0 unspecified atom stereocenters. The highest BCUT2D eigenvalue weighted by atomic mass is 35.5. The van der Waals surface area contributed by atoms with Gasteiger partial charge in [-0.1, -0.05) is 0 Å². The summed E-state index contributed by atoms with van der Waals surface area (Å²) < 4.78 is 15.4. The van der Waals surface area contributed by atoms with Crippen molar-refractivity contribution < 1.29 is 23.8 Å². The van der Waals surface area contributed by atoms with Crippen molar-refractivity contribution in [1.29, 1.82) is 0 Å². The third-order valence-corrected chi connectivity index (χ3v) is 3.24. The zero-order chi connectivity index (χ0) is 15.2. The van der Waals surface area contributed by atoms with Crippen molar-refractivity contribution in [2.45, 2.75) is 25.5 Å². The average molecular weight is 330 g/mol. The van der Waals surface area contributed by atoms with Crippen LogP contribution >= 0.6 is 12.4 Å². The number of hydrogen-bond acceptors (Lipinski definition) is 6. The number of benzene rings is 1. The molecule has 0 aromatic heterocycles. The minimum atomic E-state index is -0.350. The molecule has 1 aromatic carbocycles. The average Bonchev–Trinajstić information content (AvgIpc) is 2.96. The van der Waals surface area contributed by atoms with E-state index in [0.29, 0.717) is 30.9 Å². The topological polar surface area (TPSA) is 73.9 Å². The van der Waals surface area contributed by atoms with Gasteiger partial charge in [-0.25, -0.2) is 4.79 Å². The molecule has 1 N–H and O–H groups in total. The van der Waals surface area contributed by atoms with E-state index in [0.717, 1.165) is 0 Å². The molecular weight excluding hydrogens is 310 g/mol. The summed E-state index contributed by atoms with van der Waals surface area (Å²) >= 11 is 0. The van der Waals surface area contributed by atoms with E-state index < -0.39 is 0 Å². The van der Waals surface area contributed by atoms with Gasteiger partial charge in [0.1, 0.15) is 17.9 Å². The van der Waals surface area contributed by atoms with Gasteiger partial charge in [0.25, 0.3) is 0 Å². The molecule has 0 bridgehead atoms. The predicted octanol–water partition coefficient (Wildman–Crippen LogP) is 1.57. The Hall–Kier alpha value is -1.79. The van der Waals surface area contributed by atoms with E-state index in [1.165, 1.54) is 7.11 Å². The van der Waals surface area contributed by atoms with E-state index in [1.807, 2.05) is 0 Å². The summed E-state index contributed by atoms with van der Waals surface area (Å²) in [7, 11) is 1.37. The van der Waals surface area contributed by atoms with Crippen LogP contribution in [0.1, 0.15) is 23.7 Å². The van der Waals surface area contributed by atoms with Gasteiger partial charge in [0, 0.05) is 13.0 Å². The molecular formula is C15H20ClNO5. The second-order valence-electron chi connectivity index (χ2n) is 4.70. The van der Waals surface area contributed by atoms with E-state index in [4.69, 9.17) is 9.47 Å². The number of methoxy groups -OCH3 is 1. The van der Waals surface area contributed by atoms with Crippen molar-refractivity contribution in [3.8, 4) is 5.75 Å². The Balaban J connectivity index is 0.00000242. The molecule has 2 atom stereocenters. The maximum atomic E-state index is 11.5. The third-order valence-electron chi connectivity index (χ3n) is 3.24. The Morgan fingerprint density at radius 1 is 1.27 bits per heavy atom. The Morgan fingerprint density at radius 2 is 1.95 bits per heavy atom. The summed E-state index contributed by atoms with van der Waals surface area (Å²) in [5.74, 6) is 0.0245. The number of rotatable bonds is 5. The van der Waals surface area contributed by atoms with Crippen LogP contribution in [0.5, 0.6) is 5.75 Å². The smallest absolute Gasteiger partial charge is 0.338 e. The van der Waals surface area contributed by atoms with Gasteiger partial charge in [-0.15, -0.1) is 12.4 Å². The van der Waals surface area contributed by atoms with Gasteiger partial charge in [0.15, 0.2) is 0 Å². The molecule has 1 fully saturated rings. The Bertz CT molecular complexity index is 505. The van der Waals surface area contributed by atoms with Crippen LogP contribution < -0.4 is 10.1 Å². The fourth-order valence-corrected chi connectivity index (χ4v) is 2.19. The molecule has 22 heavy (non-hydrogen) atoms. The van der Waals surface area contributed by atoms with Crippen molar-refractivity contribution >= 4 is 24.3 Å². The van der Waals surface area contributed by atoms with Crippen molar-refractivity contribution in [2.24, 2.45) is 0 Å². The number of hydrogen-bond donors (Lipinski definition) is 1. The summed E-state index contributed by atoms with van der Waals surface area (Å²) in [5.41, 5.74) is 0.487. The number of carbonyl (C=O) groups excluding carboxylic acids is 2. The minimum absolute atomic E-state index is 0.